The minimum Gasteiger partial charge on any atom is -0.477 e. The molecular formula is C27H39N5O4S. The Morgan fingerprint density at radius 3 is 2.46 bits per heavy atom. The lowest BCUT2D eigenvalue weighted by Crippen LogP contribution is -2.36. The maximum atomic E-state index is 11.9. The third-order valence-corrected chi connectivity index (χ3v) is 9.10. The minimum atomic E-state index is -3.18. The van der Waals surface area contributed by atoms with E-state index in [1.54, 1.807) is 0 Å². The Bertz CT molecular complexity index is 1150. The number of hydrogen-bond donors (Lipinski definition) is 1. The van der Waals surface area contributed by atoms with Crippen molar-refractivity contribution >= 4 is 21.7 Å². The van der Waals surface area contributed by atoms with Crippen molar-refractivity contribution < 1.29 is 17.9 Å². The summed E-state index contributed by atoms with van der Waals surface area (Å²) in [6, 6.07) is 8.81. The Balaban J connectivity index is 1.33. The number of nitrogens with one attached hydrogen (secondary N) is 1. The zero-order valence-electron chi connectivity index (χ0n) is 21.9. The number of benzene rings is 1. The van der Waals surface area contributed by atoms with Crippen molar-refractivity contribution in [2.75, 3.05) is 62.5 Å². The van der Waals surface area contributed by atoms with Gasteiger partial charge in [0.25, 0.3) is 0 Å². The fourth-order valence-electron chi connectivity index (χ4n) is 5.44. The largest absolute Gasteiger partial charge is 0.477 e. The summed E-state index contributed by atoms with van der Waals surface area (Å²) in [5.74, 6) is 2.04. The molecule has 1 atom stereocenters. The maximum absolute atomic E-state index is 11.9. The summed E-state index contributed by atoms with van der Waals surface area (Å²) in [6.45, 7) is 7.04. The van der Waals surface area contributed by atoms with Gasteiger partial charge in [-0.15, -0.1) is 0 Å². The van der Waals surface area contributed by atoms with Crippen molar-refractivity contribution in [3.05, 3.63) is 30.5 Å². The molecule has 202 valence electrons. The number of ether oxygens (including phenoxy) is 2. The zero-order valence-corrected chi connectivity index (χ0v) is 22.8. The summed E-state index contributed by atoms with van der Waals surface area (Å²) in [5.41, 5.74) is 3.01. The van der Waals surface area contributed by atoms with E-state index in [0.29, 0.717) is 37.6 Å². The van der Waals surface area contributed by atoms with Crippen LogP contribution in [0.5, 0.6) is 5.88 Å². The Morgan fingerprint density at radius 2 is 1.78 bits per heavy atom. The van der Waals surface area contributed by atoms with E-state index < -0.39 is 10.0 Å². The molecule has 1 aromatic carbocycles. The molecule has 3 fully saturated rings. The van der Waals surface area contributed by atoms with Gasteiger partial charge in [0.1, 0.15) is 0 Å². The smallest absolute Gasteiger partial charge is 0.226 e. The molecule has 0 spiro atoms. The molecule has 3 aliphatic rings. The normalized spacial score (nSPS) is 25.2. The first-order valence-electron chi connectivity index (χ1n) is 13.5. The molecule has 1 saturated carbocycles. The summed E-state index contributed by atoms with van der Waals surface area (Å²) in [6.07, 6.45) is 8.57. The predicted octanol–water partition coefficient (Wildman–Crippen LogP) is 3.63. The summed E-state index contributed by atoms with van der Waals surface area (Å²) in [7, 11) is -3.18. The molecule has 0 bridgehead atoms. The minimum absolute atomic E-state index is 0.137. The van der Waals surface area contributed by atoms with Crippen LogP contribution in [0.3, 0.4) is 0 Å². The Labute approximate surface area is 220 Å². The maximum Gasteiger partial charge on any atom is 0.226 e. The van der Waals surface area contributed by atoms with Crippen LogP contribution in [0.1, 0.15) is 39.0 Å². The van der Waals surface area contributed by atoms with Gasteiger partial charge in [-0.1, -0.05) is 19.1 Å². The van der Waals surface area contributed by atoms with E-state index in [1.165, 1.54) is 29.1 Å². The number of rotatable bonds is 8. The molecule has 5 rings (SSSR count). The van der Waals surface area contributed by atoms with Crippen LogP contribution >= 0.6 is 0 Å². The highest BCUT2D eigenvalue weighted by Crippen LogP contribution is 2.32. The van der Waals surface area contributed by atoms with Gasteiger partial charge < -0.3 is 19.7 Å². The monoisotopic (exact) mass is 529 g/mol. The number of aromatic nitrogens is 2. The first-order chi connectivity index (χ1) is 17.8. The van der Waals surface area contributed by atoms with Gasteiger partial charge in [0.05, 0.1) is 31.6 Å². The standard InChI is InChI=1S/C27H39N5O4S/c1-20-3-7-23(8-4-20)29-27-28-17-25(22-5-9-24(10-6-22)31-13-15-35-16-14-31)26(30-27)36-19-21-11-12-32(18-21)37(2,33)34/h5-6,9-10,17,20-21,23H,3-4,7-8,11-16,18-19H2,1-2H3,(H,28,29,30)/t20-,21-,23+/m1/s1. The second-order valence-corrected chi connectivity index (χ2v) is 12.7. The molecule has 37 heavy (non-hydrogen) atoms. The molecule has 1 N–H and O–H groups in total. The number of hydrogen-bond acceptors (Lipinski definition) is 8. The van der Waals surface area contributed by atoms with Gasteiger partial charge in [0, 0.05) is 50.0 Å². The summed E-state index contributed by atoms with van der Waals surface area (Å²) in [4.78, 5) is 11.8. The van der Waals surface area contributed by atoms with Crippen LogP contribution in [0.15, 0.2) is 30.5 Å². The number of morpholine rings is 1. The van der Waals surface area contributed by atoms with Crippen LogP contribution in [0.25, 0.3) is 11.1 Å². The lowest BCUT2D eigenvalue weighted by molar-refractivity contribution is 0.122. The van der Waals surface area contributed by atoms with E-state index in [2.05, 4.69) is 46.4 Å². The molecule has 0 amide bonds. The first kappa shape index (κ1) is 26.2. The van der Waals surface area contributed by atoms with Gasteiger partial charge in [0.15, 0.2) is 0 Å². The van der Waals surface area contributed by atoms with Crippen LogP contribution in [-0.2, 0) is 14.8 Å². The lowest BCUT2D eigenvalue weighted by atomic mass is 9.87. The number of sulfonamides is 1. The van der Waals surface area contributed by atoms with Crippen molar-refractivity contribution in [3.63, 3.8) is 0 Å². The number of anilines is 2. The summed E-state index contributed by atoms with van der Waals surface area (Å²) in [5, 5.41) is 3.52. The van der Waals surface area contributed by atoms with Gasteiger partial charge in [-0.25, -0.2) is 17.7 Å². The van der Waals surface area contributed by atoms with Crippen LogP contribution in [0, 0.1) is 11.8 Å². The van der Waals surface area contributed by atoms with E-state index in [1.807, 2.05) is 6.20 Å². The van der Waals surface area contributed by atoms with E-state index >= 15 is 0 Å². The summed E-state index contributed by atoms with van der Waals surface area (Å²) < 4.78 is 37.2. The summed E-state index contributed by atoms with van der Waals surface area (Å²) >= 11 is 0. The SMILES string of the molecule is CS(=O)(=O)N1CC[C@@H](COc2nc(N[C@H]3CC[C@@H](C)CC3)ncc2-c2ccc(N3CCOCC3)cc2)C1. The van der Waals surface area contributed by atoms with Gasteiger partial charge in [-0.05, 0) is 55.7 Å². The molecule has 0 radical (unpaired) electrons. The third-order valence-electron chi connectivity index (χ3n) is 7.83. The molecule has 1 aromatic heterocycles. The van der Waals surface area contributed by atoms with Crippen LogP contribution < -0.4 is 15.0 Å². The molecule has 2 aliphatic heterocycles. The molecule has 9 nitrogen and oxygen atoms in total. The topological polar surface area (TPSA) is 96.9 Å². The Morgan fingerprint density at radius 1 is 1.05 bits per heavy atom. The van der Waals surface area contributed by atoms with E-state index in [-0.39, 0.29) is 5.92 Å². The molecule has 10 heteroatoms. The second-order valence-electron chi connectivity index (χ2n) is 10.7. The quantitative estimate of drug-likeness (QED) is 0.554. The average Bonchev–Trinajstić information content (AvgIpc) is 3.40. The van der Waals surface area contributed by atoms with E-state index in [4.69, 9.17) is 14.5 Å². The molecule has 0 unspecified atom stereocenters. The Hall–Kier alpha value is -2.43. The van der Waals surface area contributed by atoms with Crippen LogP contribution in [0.4, 0.5) is 11.6 Å². The van der Waals surface area contributed by atoms with Gasteiger partial charge in [-0.3, -0.25) is 0 Å². The van der Waals surface area contributed by atoms with Gasteiger partial charge >= 0.3 is 0 Å². The predicted molar refractivity (Wildman–Crippen MR) is 146 cm³/mol. The molecular weight excluding hydrogens is 490 g/mol. The average molecular weight is 530 g/mol. The second kappa shape index (κ2) is 11.5. The van der Waals surface area contributed by atoms with Crippen molar-refractivity contribution in [2.45, 2.75) is 45.1 Å². The first-order valence-corrected chi connectivity index (χ1v) is 15.3. The lowest BCUT2D eigenvalue weighted by Gasteiger charge is -2.29. The highest BCUT2D eigenvalue weighted by Gasteiger charge is 2.29. The van der Waals surface area contributed by atoms with Crippen molar-refractivity contribution in [1.82, 2.24) is 14.3 Å². The van der Waals surface area contributed by atoms with Crippen LogP contribution in [-0.4, -0.2) is 81.0 Å². The van der Waals surface area contributed by atoms with E-state index in [9.17, 15) is 8.42 Å². The fourth-order valence-corrected chi connectivity index (χ4v) is 6.35. The van der Waals surface area contributed by atoms with Crippen LogP contribution in [0.2, 0.25) is 0 Å². The molecule has 2 aromatic rings. The van der Waals surface area contributed by atoms with Gasteiger partial charge in [-0.2, -0.15) is 4.98 Å². The fraction of sp³-hybridized carbons (Fsp3) is 0.630. The van der Waals surface area contributed by atoms with Crippen molar-refractivity contribution in [2.24, 2.45) is 11.8 Å². The molecule has 2 saturated heterocycles. The van der Waals surface area contributed by atoms with Crippen molar-refractivity contribution in [3.8, 4) is 17.0 Å². The van der Waals surface area contributed by atoms with Crippen molar-refractivity contribution in [1.29, 1.82) is 0 Å². The van der Waals surface area contributed by atoms with E-state index in [0.717, 1.165) is 62.6 Å². The third kappa shape index (κ3) is 6.72. The highest BCUT2D eigenvalue weighted by atomic mass is 32.2. The zero-order chi connectivity index (χ0) is 25.8. The highest BCUT2D eigenvalue weighted by molar-refractivity contribution is 7.88. The van der Waals surface area contributed by atoms with Gasteiger partial charge in [0.2, 0.25) is 21.9 Å². The molecule has 1 aliphatic carbocycles. The molecule has 3 heterocycles. The number of nitrogens with zero attached hydrogens (tertiary/aromatic N) is 4. The Kier molecular flexibility index (Phi) is 8.16.